The van der Waals surface area contributed by atoms with Crippen LogP contribution in [0, 0.1) is 5.82 Å². The summed E-state index contributed by atoms with van der Waals surface area (Å²) in [6.45, 7) is 2.57. The van der Waals surface area contributed by atoms with Gasteiger partial charge in [0.1, 0.15) is 5.82 Å². The van der Waals surface area contributed by atoms with Crippen LogP contribution in [0.15, 0.2) is 29.3 Å². The first-order valence-electron chi connectivity index (χ1n) is 6.96. The van der Waals surface area contributed by atoms with Gasteiger partial charge in [-0.1, -0.05) is 18.2 Å². The van der Waals surface area contributed by atoms with Crippen LogP contribution < -0.4 is 10.6 Å². The Morgan fingerprint density at radius 2 is 1.90 bits per heavy atom. The van der Waals surface area contributed by atoms with Crippen molar-refractivity contribution in [3.63, 3.8) is 0 Å². The molecule has 0 spiro atoms. The predicted octanol–water partition coefficient (Wildman–Crippen LogP) is 1.48. The largest absolute Gasteiger partial charge is 0.356 e. The van der Waals surface area contributed by atoms with Crippen LogP contribution in [0.2, 0.25) is 0 Å². The summed E-state index contributed by atoms with van der Waals surface area (Å²) in [5, 5.41) is 6.44. The van der Waals surface area contributed by atoms with Gasteiger partial charge in [-0.2, -0.15) is 0 Å². The number of hydrogen-bond acceptors (Lipinski definition) is 2. The van der Waals surface area contributed by atoms with E-state index in [1.54, 1.807) is 13.1 Å². The summed E-state index contributed by atoms with van der Waals surface area (Å²) in [5.41, 5.74) is 0.725. The molecule has 1 rings (SSSR count). The van der Waals surface area contributed by atoms with E-state index in [2.05, 4.69) is 34.6 Å². The SMILES string of the molecule is CN=C(NCCCN(C)C)NCCc1ccccc1F. The van der Waals surface area contributed by atoms with Crippen LogP contribution in [0.3, 0.4) is 0 Å². The summed E-state index contributed by atoms with van der Waals surface area (Å²) in [7, 11) is 5.85. The second-order valence-electron chi connectivity index (χ2n) is 4.92. The topological polar surface area (TPSA) is 39.7 Å². The lowest BCUT2D eigenvalue weighted by Crippen LogP contribution is -2.39. The fourth-order valence-electron chi connectivity index (χ4n) is 1.84. The zero-order valence-corrected chi connectivity index (χ0v) is 12.6. The molecule has 0 heterocycles. The maximum absolute atomic E-state index is 13.4. The molecule has 0 saturated carbocycles. The van der Waals surface area contributed by atoms with Crippen molar-refractivity contribution in [3.05, 3.63) is 35.6 Å². The van der Waals surface area contributed by atoms with Crippen molar-refractivity contribution in [3.8, 4) is 0 Å². The van der Waals surface area contributed by atoms with Gasteiger partial charge in [0.15, 0.2) is 5.96 Å². The quantitative estimate of drug-likeness (QED) is 0.451. The predicted molar refractivity (Wildman–Crippen MR) is 82.6 cm³/mol. The van der Waals surface area contributed by atoms with Crippen molar-refractivity contribution < 1.29 is 4.39 Å². The van der Waals surface area contributed by atoms with Gasteiger partial charge < -0.3 is 15.5 Å². The average molecular weight is 280 g/mol. The molecule has 0 aromatic heterocycles. The molecule has 0 aliphatic heterocycles. The van der Waals surface area contributed by atoms with E-state index in [-0.39, 0.29) is 5.82 Å². The fraction of sp³-hybridized carbons (Fsp3) is 0.533. The first-order valence-corrected chi connectivity index (χ1v) is 6.96. The van der Waals surface area contributed by atoms with Crippen molar-refractivity contribution >= 4 is 5.96 Å². The van der Waals surface area contributed by atoms with E-state index < -0.39 is 0 Å². The Labute approximate surface area is 121 Å². The van der Waals surface area contributed by atoms with Crippen molar-refractivity contribution in [2.75, 3.05) is 40.8 Å². The summed E-state index contributed by atoms with van der Waals surface area (Å²) in [5.74, 6) is 0.614. The van der Waals surface area contributed by atoms with Crippen molar-refractivity contribution in [2.45, 2.75) is 12.8 Å². The highest BCUT2D eigenvalue weighted by atomic mass is 19.1. The van der Waals surface area contributed by atoms with Crippen LogP contribution in [-0.4, -0.2) is 51.6 Å². The zero-order valence-electron chi connectivity index (χ0n) is 12.6. The highest BCUT2D eigenvalue weighted by molar-refractivity contribution is 5.79. The molecule has 0 aliphatic rings. The van der Waals surface area contributed by atoms with Gasteiger partial charge in [-0.3, -0.25) is 4.99 Å². The Morgan fingerprint density at radius 3 is 2.55 bits per heavy atom. The minimum Gasteiger partial charge on any atom is -0.356 e. The van der Waals surface area contributed by atoms with Crippen LogP contribution in [0.25, 0.3) is 0 Å². The van der Waals surface area contributed by atoms with Crippen LogP contribution in [-0.2, 0) is 6.42 Å². The highest BCUT2D eigenvalue weighted by Crippen LogP contribution is 2.05. The molecule has 0 bridgehead atoms. The minimum absolute atomic E-state index is 0.150. The Balaban J connectivity index is 2.23. The van der Waals surface area contributed by atoms with Gasteiger partial charge >= 0.3 is 0 Å². The normalized spacial score (nSPS) is 11.8. The number of halogens is 1. The summed E-state index contributed by atoms with van der Waals surface area (Å²) in [6.07, 6.45) is 1.70. The lowest BCUT2D eigenvalue weighted by atomic mass is 10.1. The van der Waals surface area contributed by atoms with E-state index in [4.69, 9.17) is 0 Å². The summed E-state index contributed by atoms with van der Waals surface area (Å²) < 4.78 is 13.4. The Hall–Kier alpha value is -1.62. The standard InChI is InChI=1S/C15H25FN4/c1-17-15(18-10-6-12-20(2)3)19-11-9-13-7-4-5-8-14(13)16/h4-5,7-8H,6,9-12H2,1-3H3,(H2,17,18,19). The number of hydrogen-bond donors (Lipinski definition) is 2. The number of nitrogens with zero attached hydrogens (tertiary/aromatic N) is 2. The van der Waals surface area contributed by atoms with Crippen LogP contribution in [0.1, 0.15) is 12.0 Å². The molecule has 4 nitrogen and oxygen atoms in total. The monoisotopic (exact) mass is 280 g/mol. The van der Waals surface area contributed by atoms with Gasteiger partial charge in [0, 0.05) is 20.1 Å². The molecule has 0 fully saturated rings. The third-order valence-electron chi connectivity index (χ3n) is 2.94. The molecule has 0 unspecified atom stereocenters. The van der Waals surface area contributed by atoms with Crippen LogP contribution >= 0.6 is 0 Å². The number of rotatable bonds is 7. The maximum atomic E-state index is 13.4. The lowest BCUT2D eigenvalue weighted by Gasteiger charge is -2.13. The summed E-state index contributed by atoms with van der Waals surface area (Å²) in [4.78, 5) is 6.29. The van der Waals surface area contributed by atoms with E-state index in [0.29, 0.717) is 13.0 Å². The van der Waals surface area contributed by atoms with Gasteiger partial charge in [0.25, 0.3) is 0 Å². The molecule has 2 N–H and O–H groups in total. The van der Waals surface area contributed by atoms with Gasteiger partial charge in [-0.05, 0) is 45.1 Å². The second-order valence-corrected chi connectivity index (χ2v) is 4.92. The van der Waals surface area contributed by atoms with E-state index >= 15 is 0 Å². The third-order valence-corrected chi connectivity index (χ3v) is 2.94. The molecule has 0 amide bonds. The molecule has 0 aliphatic carbocycles. The van der Waals surface area contributed by atoms with Crippen molar-refractivity contribution in [1.82, 2.24) is 15.5 Å². The molecule has 0 saturated heterocycles. The summed E-state index contributed by atoms with van der Waals surface area (Å²) in [6, 6.07) is 6.86. The van der Waals surface area contributed by atoms with Crippen molar-refractivity contribution in [2.24, 2.45) is 4.99 Å². The van der Waals surface area contributed by atoms with E-state index in [1.807, 2.05) is 12.1 Å². The van der Waals surface area contributed by atoms with Gasteiger partial charge in [-0.25, -0.2) is 4.39 Å². The van der Waals surface area contributed by atoms with E-state index in [9.17, 15) is 4.39 Å². The first kappa shape index (κ1) is 16.4. The van der Waals surface area contributed by atoms with Crippen LogP contribution in [0.5, 0.6) is 0 Å². The number of benzene rings is 1. The van der Waals surface area contributed by atoms with Gasteiger partial charge in [0.2, 0.25) is 0 Å². The number of nitrogens with one attached hydrogen (secondary N) is 2. The van der Waals surface area contributed by atoms with E-state index in [1.165, 1.54) is 6.07 Å². The Morgan fingerprint density at radius 1 is 1.20 bits per heavy atom. The molecule has 1 aromatic rings. The molecule has 0 atom stereocenters. The smallest absolute Gasteiger partial charge is 0.190 e. The minimum atomic E-state index is -0.150. The third kappa shape index (κ3) is 6.52. The molecule has 20 heavy (non-hydrogen) atoms. The van der Waals surface area contributed by atoms with Crippen molar-refractivity contribution in [1.29, 1.82) is 0 Å². The number of aliphatic imine (C=N–C) groups is 1. The average Bonchev–Trinajstić information content (AvgIpc) is 2.43. The molecule has 0 radical (unpaired) electrons. The highest BCUT2D eigenvalue weighted by Gasteiger charge is 2.01. The lowest BCUT2D eigenvalue weighted by molar-refractivity contribution is 0.399. The van der Waals surface area contributed by atoms with E-state index in [0.717, 1.165) is 31.0 Å². The van der Waals surface area contributed by atoms with Gasteiger partial charge in [0.05, 0.1) is 0 Å². The molecule has 5 heteroatoms. The Bertz CT molecular complexity index is 418. The molecule has 1 aromatic carbocycles. The summed E-state index contributed by atoms with van der Waals surface area (Å²) >= 11 is 0. The van der Waals surface area contributed by atoms with Gasteiger partial charge in [-0.15, -0.1) is 0 Å². The maximum Gasteiger partial charge on any atom is 0.190 e. The van der Waals surface area contributed by atoms with Crippen LogP contribution in [0.4, 0.5) is 4.39 Å². The fourth-order valence-corrected chi connectivity index (χ4v) is 1.84. The molecular formula is C15H25FN4. The number of guanidine groups is 1. The second kappa shape index (κ2) is 9.31. The molecule has 112 valence electrons. The first-order chi connectivity index (χ1) is 9.63. The molecular weight excluding hydrogens is 255 g/mol. The zero-order chi connectivity index (χ0) is 14.8. The Kier molecular flexibility index (Phi) is 7.65.